The van der Waals surface area contributed by atoms with Gasteiger partial charge in [0.15, 0.2) is 0 Å². The third-order valence-electron chi connectivity index (χ3n) is 1.61. The van der Waals surface area contributed by atoms with Gasteiger partial charge in [-0.15, -0.1) is 0 Å². The Labute approximate surface area is 70.4 Å². The molecular weight excluding hydrogens is 156 g/mol. The zero-order valence-electron chi connectivity index (χ0n) is 7.40. The molecule has 0 bridgehead atoms. The molecule has 12 heavy (non-hydrogen) atoms. The average Bonchev–Trinajstić information content (AvgIpc) is 1.99. The van der Waals surface area contributed by atoms with Crippen LogP contribution in [-0.4, -0.2) is 23.6 Å². The van der Waals surface area contributed by atoms with Crippen LogP contribution in [0.15, 0.2) is 10.9 Å². The van der Waals surface area contributed by atoms with Crippen molar-refractivity contribution in [2.45, 2.75) is 0 Å². The Kier molecular flexibility index (Phi) is 2.03. The number of rotatable bonds is 1. The van der Waals surface area contributed by atoms with Gasteiger partial charge in [-0.2, -0.15) is 4.98 Å². The largest absolute Gasteiger partial charge is 0.369 e. The molecule has 5 heteroatoms. The minimum Gasteiger partial charge on any atom is -0.369 e. The molecule has 0 saturated heterocycles. The molecule has 1 heterocycles. The van der Waals surface area contributed by atoms with Crippen LogP contribution in [0.25, 0.3) is 0 Å². The maximum atomic E-state index is 11.2. The van der Waals surface area contributed by atoms with Crippen LogP contribution in [-0.2, 0) is 7.05 Å². The maximum Gasteiger partial charge on any atom is 0.256 e. The second kappa shape index (κ2) is 2.84. The van der Waals surface area contributed by atoms with Crippen LogP contribution in [0.4, 0.5) is 11.8 Å². The first kappa shape index (κ1) is 8.58. The quantitative estimate of drug-likeness (QED) is 0.610. The smallest absolute Gasteiger partial charge is 0.256 e. The molecule has 66 valence electrons. The molecule has 0 fully saturated rings. The minimum atomic E-state index is -0.147. The molecule has 0 atom stereocenters. The Morgan fingerprint density at radius 3 is 2.58 bits per heavy atom. The van der Waals surface area contributed by atoms with Gasteiger partial charge in [0, 0.05) is 27.2 Å². The Hall–Kier alpha value is -1.52. The van der Waals surface area contributed by atoms with Crippen molar-refractivity contribution in [3.8, 4) is 0 Å². The summed E-state index contributed by atoms with van der Waals surface area (Å²) in [6, 6.07) is 1.44. The van der Waals surface area contributed by atoms with E-state index in [9.17, 15) is 4.79 Å². The van der Waals surface area contributed by atoms with E-state index in [4.69, 9.17) is 5.73 Å². The molecule has 0 saturated carbocycles. The van der Waals surface area contributed by atoms with E-state index in [1.54, 1.807) is 26.0 Å². The second-order valence-electron chi connectivity index (χ2n) is 2.76. The van der Waals surface area contributed by atoms with Crippen LogP contribution in [0.5, 0.6) is 0 Å². The molecular formula is C7H12N4O. The van der Waals surface area contributed by atoms with E-state index < -0.39 is 0 Å². The molecule has 0 aliphatic heterocycles. The highest BCUT2D eigenvalue weighted by atomic mass is 16.1. The third kappa shape index (κ3) is 1.39. The van der Waals surface area contributed by atoms with Gasteiger partial charge < -0.3 is 10.6 Å². The normalized spacial score (nSPS) is 9.92. The summed E-state index contributed by atoms with van der Waals surface area (Å²) >= 11 is 0. The number of nitrogens with zero attached hydrogens (tertiary/aromatic N) is 3. The van der Waals surface area contributed by atoms with Gasteiger partial charge in [0.1, 0.15) is 5.82 Å². The molecule has 1 aromatic rings. The van der Waals surface area contributed by atoms with Crippen LogP contribution in [0, 0.1) is 0 Å². The third-order valence-corrected chi connectivity index (χ3v) is 1.61. The van der Waals surface area contributed by atoms with Crippen molar-refractivity contribution in [1.82, 2.24) is 9.55 Å². The topological polar surface area (TPSA) is 64.2 Å². The Morgan fingerprint density at radius 1 is 1.58 bits per heavy atom. The zero-order valence-corrected chi connectivity index (χ0v) is 7.40. The SMILES string of the molecule is CN(C)c1cc(=O)n(C)c(N)n1. The fourth-order valence-corrected chi connectivity index (χ4v) is 0.774. The van der Waals surface area contributed by atoms with Gasteiger partial charge in [-0.3, -0.25) is 9.36 Å². The molecule has 0 amide bonds. The van der Waals surface area contributed by atoms with E-state index in [0.29, 0.717) is 5.82 Å². The molecule has 0 spiro atoms. The van der Waals surface area contributed by atoms with Gasteiger partial charge >= 0.3 is 0 Å². The van der Waals surface area contributed by atoms with E-state index >= 15 is 0 Å². The number of anilines is 2. The number of hydrogen-bond acceptors (Lipinski definition) is 4. The van der Waals surface area contributed by atoms with Gasteiger partial charge in [0.25, 0.3) is 5.56 Å². The van der Waals surface area contributed by atoms with Crippen molar-refractivity contribution in [3.63, 3.8) is 0 Å². The standard InChI is InChI=1S/C7H12N4O/c1-10(2)5-4-6(12)11(3)7(8)9-5/h4H,1-3H3,(H2,8,9). The summed E-state index contributed by atoms with van der Waals surface area (Å²) in [5.74, 6) is 0.807. The van der Waals surface area contributed by atoms with Crippen LogP contribution in [0.1, 0.15) is 0 Å². The first-order valence-electron chi connectivity index (χ1n) is 3.53. The van der Waals surface area contributed by atoms with Crippen LogP contribution in [0.3, 0.4) is 0 Å². The van der Waals surface area contributed by atoms with E-state index in [1.165, 1.54) is 10.6 Å². The van der Waals surface area contributed by atoms with E-state index in [-0.39, 0.29) is 11.5 Å². The molecule has 0 aliphatic rings. The lowest BCUT2D eigenvalue weighted by Gasteiger charge is -2.12. The lowest BCUT2D eigenvalue weighted by molar-refractivity contribution is 0.836. The van der Waals surface area contributed by atoms with Crippen molar-refractivity contribution < 1.29 is 0 Å². The van der Waals surface area contributed by atoms with Crippen molar-refractivity contribution in [2.75, 3.05) is 24.7 Å². The molecule has 1 rings (SSSR count). The summed E-state index contributed by atoms with van der Waals surface area (Å²) in [6.45, 7) is 0. The highest BCUT2D eigenvalue weighted by Gasteiger charge is 2.02. The predicted molar refractivity (Wildman–Crippen MR) is 48.2 cm³/mol. The summed E-state index contributed by atoms with van der Waals surface area (Å²) in [4.78, 5) is 16.9. The molecule has 5 nitrogen and oxygen atoms in total. The summed E-state index contributed by atoms with van der Waals surface area (Å²) < 4.78 is 1.30. The molecule has 2 N–H and O–H groups in total. The first-order chi connectivity index (χ1) is 5.52. The molecule has 0 aromatic carbocycles. The van der Waals surface area contributed by atoms with Gasteiger partial charge in [-0.05, 0) is 0 Å². The maximum absolute atomic E-state index is 11.2. The second-order valence-corrected chi connectivity index (χ2v) is 2.76. The highest BCUT2D eigenvalue weighted by molar-refractivity contribution is 5.39. The first-order valence-corrected chi connectivity index (χ1v) is 3.53. The van der Waals surface area contributed by atoms with Crippen LogP contribution < -0.4 is 16.2 Å². The summed E-state index contributed by atoms with van der Waals surface area (Å²) in [6.07, 6.45) is 0. The molecule has 0 aliphatic carbocycles. The lowest BCUT2D eigenvalue weighted by Crippen LogP contribution is -2.23. The number of nitrogen functional groups attached to an aromatic ring is 1. The van der Waals surface area contributed by atoms with Crippen LogP contribution >= 0.6 is 0 Å². The Morgan fingerprint density at radius 2 is 2.17 bits per heavy atom. The predicted octanol–water partition coefficient (Wildman–Crippen LogP) is -0.572. The van der Waals surface area contributed by atoms with E-state index in [2.05, 4.69) is 4.98 Å². The van der Waals surface area contributed by atoms with Gasteiger partial charge in [-0.1, -0.05) is 0 Å². The van der Waals surface area contributed by atoms with Gasteiger partial charge in [0.2, 0.25) is 5.95 Å². The van der Waals surface area contributed by atoms with Crippen molar-refractivity contribution in [1.29, 1.82) is 0 Å². The van der Waals surface area contributed by atoms with E-state index in [0.717, 1.165) is 0 Å². The molecule has 1 aromatic heterocycles. The van der Waals surface area contributed by atoms with Crippen molar-refractivity contribution in [3.05, 3.63) is 16.4 Å². The fourth-order valence-electron chi connectivity index (χ4n) is 0.774. The number of nitrogens with two attached hydrogens (primary N) is 1. The van der Waals surface area contributed by atoms with E-state index in [1.807, 2.05) is 0 Å². The van der Waals surface area contributed by atoms with Crippen molar-refractivity contribution in [2.24, 2.45) is 7.05 Å². The molecule has 0 radical (unpaired) electrons. The monoisotopic (exact) mass is 168 g/mol. The number of aromatic nitrogens is 2. The average molecular weight is 168 g/mol. The zero-order chi connectivity index (χ0) is 9.30. The molecule has 0 unspecified atom stereocenters. The fraction of sp³-hybridized carbons (Fsp3) is 0.429. The van der Waals surface area contributed by atoms with Crippen LogP contribution in [0.2, 0.25) is 0 Å². The highest BCUT2D eigenvalue weighted by Crippen LogP contribution is 2.04. The summed E-state index contributed by atoms with van der Waals surface area (Å²) in [5, 5.41) is 0. The Balaban J connectivity index is 3.31. The summed E-state index contributed by atoms with van der Waals surface area (Å²) in [5.41, 5.74) is 5.34. The van der Waals surface area contributed by atoms with Gasteiger partial charge in [0.05, 0.1) is 0 Å². The number of hydrogen-bond donors (Lipinski definition) is 1. The van der Waals surface area contributed by atoms with Gasteiger partial charge in [-0.25, -0.2) is 0 Å². The van der Waals surface area contributed by atoms with Crippen molar-refractivity contribution >= 4 is 11.8 Å². The minimum absolute atomic E-state index is 0.147. The lowest BCUT2D eigenvalue weighted by atomic mass is 10.5. The summed E-state index contributed by atoms with van der Waals surface area (Å²) in [7, 11) is 5.20. The Bertz CT molecular complexity index is 342.